The van der Waals surface area contributed by atoms with E-state index >= 15 is 0 Å². The van der Waals surface area contributed by atoms with Gasteiger partial charge in [0.25, 0.3) is 0 Å². The van der Waals surface area contributed by atoms with Crippen molar-refractivity contribution in [3.05, 3.63) is 42.7 Å². The highest BCUT2D eigenvalue weighted by Gasteiger charge is 2.40. The number of carbonyl (C=O) groups excluding carboxylic acids is 1. The Balaban J connectivity index is 1.17. The van der Waals surface area contributed by atoms with Crippen LogP contribution in [0.1, 0.15) is 71.9 Å². The number of anilines is 1. The maximum Gasteiger partial charge on any atom is 0.410 e. The van der Waals surface area contributed by atoms with E-state index in [0.717, 1.165) is 80.6 Å². The zero-order valence-corrected chi connectivity index (χ0v) is 26.3. The molecule has 236 valence electrons. The molecule has 3 fully saturated rings. The third-order valence-corrected chi connectivity index (χ3v) is 8.58. The molecule has 1 amide bonds. The average Bonchev–Trinajstić information content (AvgIpc) is 3.68. The highest BCUT2D eigenvalue weighted by molar-refractivity contribution is 5.74. The summed E-state index contributed by atoms with van der Waals surface area (Å²) in [5, 5.41) is 13.8. The van der Waals surface area contributed by atoms with E-state index in [1.165, 1.54) is 0 Å². The molecule has 11 nitrogen and oxygen atoms in total. The van der Waals surface area contributed by atoms with E-state index < -0.39 is 5.60 Å². The fourth-order valence-electron chi connectivity index (χ4n) is 6.12. The van der Waals surface area contributed by atoms with Crippen LogP contribution < -0.4 is 9.64 Å². The second-order valence-corrected chi connectivity index (χ2v) is 12.9. The SMILES string of the molecule is COCOc1cc(-c2cnn(C3CCCCO3)c2)ccc1-c1ccc(N2CC[C@H](N(C(=O)OC(C)(C)C)C3CCC3)C2)nn1. The minimum Gasteiger partial charge on any atom is -0.467 e. The van der Waals surface area contributed by atoms with Crippen LogP contribution in [0.25, 0.3) is 22.4 Å². The molecular weight excluding hydrogens is 560 g/mol. The molecule has 1 aromatic carbocycles. The highest BCUT2D eigenvalue weighted by Crippen LogP contribution is 2.36. The minimum absolute atomic E-state index is 0.0146. The van der Waals surface area contributed by atoms with Crippen molar-refractivity contribution in [2.75, 3.05) is 38.5 Å². The maximum absolute atomic E-state index is 13.1. The van der Waals surface area contributed by atoms with Crippen LogP contribution in [0.3, 0.4) is 0 Å². The Labute approximate surface area is 259 Å². The van der Waals surface area contributed by atoms with Gasteiger partial charge in [-0.25, -0.2) is 9.48 Å². The molecule has 4 heterocycles. The first-order chi connectivity index (χ1) is 21.3. The van der Waals surface area contributed by atoms with Crippen molar-refractivity contribution < 1.29 is 23.7 Å². The van der Waals surface area contributed by atoms with Crippen LogP contribution in [0.4, 0.5) is 10.6 Å². The van der Waals surface area contributed by atoms with Crippen LogP contribution in [0.5, 0.6) is 5.75 Å². The van der Waals surface area contributed by atoms with Crippen molar-refractivity contribution in [3.63, 3.8) is 0 Å². The van der Waals surface area contributed by atoms with Crippen LogP contribution >= 0.6 is 0 Å². The lowest BCUT2D eigenvalue weighted by molar-refractivity contribution is -0.0394. The van der Waals surface area contributed by atoms with Gasteiger partial charge in [-0.15, -0.1) is 10.2 Å². The van der Waals surface area contributed by atoms with Crippen molar-refractivity contribution in [1.82, 2.24) is 24.9 Å². The summed E-state index contributed by atoms with van der Waals surface area (Å²) in [6.45, 7) is 8.16. The van der Waals surface area contributed by atoms with Gasteiger partial charge in [-0.3, -0.25) is 0 Å². The Morgan fingerprint density at radius 2 is 1.89 bits per heavy atom. The van der Waals surface area contributed by atoms with E-state index in [0.29, 0.717) is 18.0 Å². The summed E-state index contributed by atoms with van der Waals surface area (Å²) in [7, 11) is 1.60. The smallest absolute Gasteiger partial charge is 0.410 e. The summed E-state index contributed by atoms with van der Waals surface area (Å²) in [6.07, 6.45) is 11.0. The third-order valence-electron chi connectivity index (χ3n) is 8.58. The van der Waals surface area contributed by atoms with Crippen molar-refractivity contribution >= 4 is 11.9 Å². The van der Waals surface area contributed by atoms with Crippen LogP contribution in [0.15, 0.2) is 42.7 Å². The molecule has 6 rings (SSSR count). The Hall–Kier alpha value is -3.70. The third kappa shape index (κ3) is 6.83. The number of aromatic nitrogens is 4. The van der Waals surface area contributed by atoms with Gasteiger partial charge in [-0.2, -0.15) is 5.10 Å². The van der Waals surface area contributed by atoms with Gasteiger partial charge in [0.1, 0.15) is 17.6 Å². The molecule has 2 aliphatic heterocycles. The van der Waals surface area contributed by atoms with E-state index in [1.807, 2.05) is 73.1 Å². The van der Waals surface area contributed by atoms with Gasteiger partial charge in [-0.1, -0.05) is 6.07 Å². The van der Waals surface area contributed by atoms with E-state index in [-0.39, 0.29) is 31.2 Å². The number of methoxy groups -OCH3 is 1. The number of hydrogen-bond acceptors (Lipinski definition) is 9. The standard InChI is InChI=1S/C33H44N6O5/c1-33(2,3)44-32(40)39(25-8-7-9-25)26-15-16-37(21-26)30-14-13-28(35-36-30)27-12-11-23(18-29(27)43-22-41-4)24-19-34-38(20-24)31-10-5-6-17-42-31/h11-14,18-20,25-26,31H,5-10,15-17,21-22H2,1-4H3/t26-,31?/m0/s1. The Kier molecular flexibility index (Phi) is 9.04. The largest absolute Gasteiger partial charge is 0.467 e. The first kappa shape index (κ1) is 30.3. The zero-order valence-electron chi connectivity index (χ0n) is 26.3. The summed E-state index contributed by atoms with van der Waals surface area (Å²) in [6, 6.07) is 10.4. The first-order valence-electron chi connectivity index (χ1n) is 15.8. The van der Waals surface area contributed by atoms with E-state index in [9.17, 15) is 4.79 Å². The van der Waals surface area contributed by atoms with Crippen LogP contribution in [-0.4, -0.2) is 82.3 Å². The van der Waals surface area contributed by atoms with E-state index in [2.05, 4.69) is 20.2 Å². The quantitative estimate of drug-likeness (QED) is 0.270. The number of hydrogen-bond donors (Lipinski definition) is 0. The topological polar surface area (TPSA) is 104 Å². The van der Waals surface area contributed by atoms with Crippen LogP contribution in [0.2, 0.25) is 0 Å². The number of ether oxygens (including phenoxy) is 4. The van der Waals surface area contributed by atoms with Crippen LogP contribution in [0, 0.1) is 0 Å². The second-order valence-electron chi connectivity index (χ2n) is 12.9. The number of carbonyl (C=O) groups is 1. The van der Waals surface area contributed by atoms with Gasteiger partial charge in [0.05, 0.1) is 17.9 Å². The van der Waals surface area contributed by atoms with E-state index in [4.69, 9.17) is 18.9 Å². The second kappa shape index (κ2) is 13.1. The van der Waals surface area contributed by atoms with Gasteiger partial charge < -0.3 is 28.7 Å². The molecule has 0 spiro atoms. The summed E-state index contributed by atoms with van der Waals surface area (Å²) in [5.41, 5.74) is 2.98. The van der Waals surface area contributed by atoms with E-state index in [1.54, 1.807) is 7.11 Å². The van der Waals surface area contributed by atoms with Gasteiger partial charge in [0.2, 0.25) is 0 Å². The Morgan fingerprint density at radius 3 is 2.57 bits per heavy atom. The van der Waals surface area contributed by atoms with Crippen LogP contribution in [-0.2, 0) is 14.2 Å². The highest BCUT2D eigenvalue weighted by atomic mass is 16.7. The predicted octanol–water partition coefficient (Wildman–Crippen LogP) is 6.06. The summed E-state index contributed by atoms with van der Waals surface area (Å²) in [5.74, 6) is 1.45. The number of rotatable bonds is 9. The van der Waals surface area contributed by atoms with Gasteiger partial charge >= 0.3 is 6.09 Å². The van der Waals surface area contributed by atoms with Crippen molar-refractivity contribution in [2.45, 2.75) is 89.6 Å². The molecule has 44 heavy (non-hydrogen) atoms. The Bertz CT molecular complexity index is 1410. The number of benzene rings is 1. The molecule has 2 aromatic heterocycles. The van der Waals surface area contributed by atoms with Gasteiger partial charge in [0.15, 0.2) is 12.6 Å². The monoisotopic (exact) mass is 604 g/mol. The molecular formula is C33H44N6O5. The molecule has 0 bridgehead atoms. The molecule has 3 aliphatic rings. The predicted molar refractivity (Wildman–Crippen MR) is 166 cm³/mol. The lowest BCUT2D eigenvalue weighted by Crippen LogP contribution is -2.52. The molecule has 1 unspecified atom stereocenters. The van der Waals surface area contributed by atoms with Crippen molar-refractivity contribution in [1.29, 1.82) is 0 Å². The number of nitrogens with zero attached hydrogens (tertiary/aromatic N) is 6. The molecule has 0 N–H and O–H groups in total. The zero-order chi connectivity index (χ0) is 30.7. The van der Waals surface area contributed by atoms with Crippen molar-refractivity contribution in [3.8, 4) is 28.1 Å². The maximum atomic E-state index is 13.1. The lowest BCUT2D eigenvalue weighted by atomic mass is 9.90. The van der Waals surface area contributed by atoms with Gasteiger partial charge in [0, 0.05) is 50.2 Å². The summed E-state index contributed by atoms with van der Waals surface area (Å²) < 4.78 is 24.8. The van der Waals surface area contributed by atoms with Gasteiger partial charge in [-0.05, 0) is 95.5 Å². The minimum atomic E-state index is -0.519. The molecule has 3 aromatic rings. The number of amides is 1. The molecule has 1 aliphatic carbocycles. The molecule has 1 saturated carbocycles. The summed E-state index contributed by atoms with van der Waals surface area (Å²) in [4.78, 5) is 17.3. The molecule has 0 radical (unpaired) electrons. The molecule has 2 atom stereocenters. The lowest BCUT2D eigenvalue weighted by Gasteiger charge is -2.41. The average molecular weight is 605 g/mol. The molecule has 11 heteroatoms. The fraction of sp³-hybridized carbons (Fsp3) is 0.576. The van der Waals surface area contributed by atoms with Crippen molar-refractivity contribution in [2.24, 2.45) is 0 Å². The molecule has 2 saturated heterocycles. The summed E-state index contributed by atoms with van der Waals surface area (Å²) >= 11 is 0. The first-order valence-corrected chi connectivity index (χ1v) is 15.8. The fourth-order valence-corrected chi connectivity index (χ4v) is 6.12. The Morgan fingerprint density at radius 1 is 1.02 bits per heavy atom. The normalized spacial score (nSPS) is 20.8.